The van der Waals surface area contributed by atoms with Crippen molar-refractivity contribution in [3.8, 4) is 5.75 Å². The minimum absolute atomic E-state index is 0.123. The normalized spacial score (nSPS) is 14.8. The fraction of sp³-hybridized carbons (Fsp3) is 0.286. The molecule has 0 aliphatic carbocycles. The summed E-state index contributed by atoms with van der Waals surface area (Å²) >= 11 is 0. The van der Waals surface area contributed by atoms with Gasteiger partial charge in [0.05, 0.1) is 11.5 Å². The Labute approximate surface area is 163 Å². The van der Waals surface area contributed by atoms with E-state index < -0.39 is 10.0 Å². The minimum atomic E-state index is -3.60. The van der Waals surface area contributed by atoms with Gasteiger partial charge in [-0.25, -0.2) is 8.42 Å². The minimum Gasteiger partial charge on any atom is -0.494 e. The lowest BCUT2D eigenvalue weighted by molar-refractivity contribution is 0.340. The predicted octanol–water partition coefficient (Wildman–Crippen LogP) is 2.98. The van der Waals surface area contributed by atoms with Crippen LogP contribution in [-0.2, 0) is 23.0 Å². The average Bonchev–Trinajstić information content (AvgIpc) is 2.68. The molecule has 3 aromatic rings. The lowest BCUT2D eigenvalue weighted by atomic mass is 9.98. The van der Waals surface area contributed by atoms with Gasteiger partial charge in [-0.3, -0.25) is 4.79 Å². The van der Waals surface area contributed by atoms with E-state index in [9.17, 15) is 13.2 Å². The second-order valence-corrected chi connectivity index (χ2v) is 8.92. The quantitative estimate of drug-likeness (QED) is 0.733. The first-order valence-electron chi connectivity index (χ1n) is 9.27. The summed E-state index contributed by atoms with van der Waals surface area (Å²) in [6.07, 6.45) is 0.639. The molecule has 1 aromatic heterocycles. The molecule has 0 saturated heterocycles. The Kier molecular flexibility index (Phi) is 4.72. The summed E-state index contributed by atoms with van der Waals surface area (Å²) in [5.41, 5.74) is 3.32. The number of pyridine rings is 1. The fourth-order valence-corrected chi connectivity index (χ4v) is 5.00. The van der Waals surface area contributed by atoms with Crippen LogP contribution in [0.4, 0.5) is 0 Å². The lowest BCUT2D eigenvalue weighted by Gasteiger charge is -2.28. The van der Waals surface area contributed by atoms with E-state index in [0.29, 0.717) is 30.9 Å². The molecule has 4 rings (SSSR count). The molecule has 0 fully saturated rings. The molecule has 2 heterocycles. The van der Waals surface area contributed by atoms with E-state index >= 15 is 0 Å². The van der Waals surface area contributed by atoms with Crippen molar-refractivity contribution in [1.82, 2.24) is 9.29 Å². The number of ether oxygens (including phenoxy) is 1. The van der Waals surface area contributed by atoms with Crippen LogP contribution in [-0.4, -0.2) is 30.9 Å². The standard InChI is InChI=1S/C21H22N2O4S/c1-3-27-18-4-6-19(7-5-18)28(25,26)23-9-8-15-11-16-10-14(2)21(24)22-20(16)12-17(15)13-23/h4-7,10-12H,3,8-9,13H2,1-2H3,(H,22,24). The van der Waals surface area contributed by atoms with Gasteiger partial charge in [0.2, 0.25) is 10.0 Å². The molecule has 6 nitrogen and oxygen atoms in total. The molecule has 0 radical (unpaired) electrons. The number of H-pyrrole nitrogens is 1. The number of aryl methyl sites for hydroxylation is 1. The van der Waals surface area contributed by atoms with Crippen LogP contribution in [0.3, 0.4) is 0 Å². The second kappa shape index (κ2) is 7.07. The molecule has 7 heteroatoms. The van der Waals surface area contributed by atoms with E-state index in [-0.39, 0.29) is 17.0 Å². The maximum absolute atomic E-state index is 13.1. The highest BCUT2D eigenvalue weighted by Crippen LogP contribution is 2.28. The summed E-state index contributed by atoms with van der Waals surface area (Å²) in [6, 6.07) is 12.3. The van der Waals surface area contributed by atoms with Gasteiger partial charge in [0.25, 0.3) is 5.56 Å². The molecule has 0 saturated carbocycles. The third kappa shape index (κ3) is 3.31. The van der Waals surface area contributed by atoms with Crippen LogP contribution >= 0.6 is 0 Å². The highest BCUT2D eigenvalue weighted by Gasteiger charge is 2.28. The zero-order valence-electron chi connectivity index (χ0n) is 15.9. The Bertz CT molecular complexity index is 1200. The Balaban J connectivity index is 1.66. The Morgan fingerprint density at radius 1 is 1.11 bits per heavy atom. The van der Waals surface area contributed by atoms with Crippen LogP contribution in [0.5, 0.6) is 5.75 Å². The van der Waals surface area contributed by atoms with Crippen LogP contribution in [0, 0.1) is 6.92 Å². The van der Waals surface area contributed by atoms with Gasteiger partial charge in [0.1, 0.15) is 5.75 Å². The molecule has 0 unspecified atom stereocenters. The number of fused-ring (bicyclic) bond motifs is 2. The van der Waals surface area contributed by atoms with Crippen molar-refractivity contribution in [3.63, 3.8) is 0 Å². The van der Waals surface area contributed by atoms with E-state index in [4.69, 9.17) is 4.74 Å². The molecule has 146 valence electrons. The zero-order valence-corrected chi connectivity index (χ0v) is 16.7. The molecule has 2 aromatic carbocycles. The largest absolute Gasteiger partial charge is 0.494 e. The van der Waals surface area contributed by atoms with Crippen molar-refractivity contribution < 1.29 is 13.2 Å². The Hall–Kier alpha value is -2.64. The third-order valence-electron chi connectivity index (χ3n) is 5.10. The molecular formula is C21H22N2O4S. The number of nitrogens with zero attached hydrogens (tertiary/aromatic N) is 1. The lowest BCUT2D eigenvalue weighted by Crippen LogP contribution is -2.36. The van der Waals surface area contributed by atoms with E-state index in [0.717, 1.165) is 22.0 Å². The SMILES string of the molecule is CCOc1ccc(S(=O)(=O)N2CCc3cc4cc(C)c(=O)[nH]c4cc3C2)cc1. The van der Waals surface area contributed by atoms with Crippen molar-refractivity contribution in [2.75, 3.05) is 13.2 Å². The fourth-order valence-electron chi connectivity index (χ4n) is 3.58. The highest BCUT2D eigenvalue weighted by molar-refractivity contribution is 7.89. The van der Waals surface area contributed by atoms with Gasteiger partial charge in [0, 0.05) is 24.2 Å². The van der Waals surface area contributed by atoms with E-state index in [1.807, 2.05) is 19.1 Å². The molecule has 0 amide bonds. The van der Waals surface area contributed by atoms with Crippen LogP contribution in [0.15, 0.2) is 52.2 Å². The van der Waals surface area contributed by atoms with Gasteiger partial charge >= 0.3 is 0 Å². The first-order valence-corrected chi connectivity index (χ1v) is 10.7. The Morgan fingerprint density at radius 3 is 2.57 bits per heavy atom. The number of nitrogens with one attached hydrogen (secondary N) is 1. The smallest absolute Gasteiger partial charge is 0.251 e. The molecule has 1 aliphatic rings. The van der Waals surface area contributed by atoms with Crippen molar-refractivity contribution in [2.45, 2.75) is 31.7 Å². The summed E-state index contributed by atoms with van der Waals surface area (Å²) in [6.45, 7) is 4.91. The monoisotopic (exact) mass is 398 g/mol. The number of hydrogen-bond acceptors (Lipinski definition) is 4. The Morgan fingerprint density at radius 2 is 1.86 bits per heavy atom. The summed E-state index contributed by atoms with van der Waals surface area (Å²) in [5, 5.41) is 0.971. The van der Waals surface area contributed by atoms with E-state index in [2.05, 4.69) is 11.1 Å². The number of rotatable bonds is 4. The summed E-state index contributed by atoms with van der Waals surface area (Å²) in [5.74, 6) is 0.649. The first kappa shape index (κ1) is 18.7. The van der Waals surface area contributed by atoms with Crippen molar-refractivity contribution in [3.05, 3.63) is 69.5 Å². The van der Waals surface area contributed by atoms with Crippen LogP contribution in [0.25, 0.3) is 10.9 Å². The summed E-state index contributed by atoms with van der Waals surface area (Å²) in [4.78, 5) is 15.0. The molecule has 0 bridgehead atoms. The van der Waals surface area contributed by atoms with Crippen molar-refractivity contribution in [1.29, 1.82) is 0 Å². The molecule has 0 spiro atoms. The van der Waals surface area contributed by atoms with Gasteiger partial charge < -0.3 is 9.72 Å². The molecular weight excluding hydrogens is 376 g/mol. The van der Waals surface area contributed by atoms with Crippen LogP contribution in [0.2, 0.25) is 0 Å². The second-order valence-electron chi connectivity index (χ2n) is 6.98. The van der Waals surface area contributed by atoms with Gasteiger partial charge in [-0.05, 0) is 79.2 Å². The van der Waals surface area contributed by atoms with Gasteiger partial charge in [0.15, 0.2) is 0 Å². The number of aromatic amines is 1. The number of sulfonamides is 1. The van der Waals surface area contributed by atoms with Gasteiger partial charge in [-0.2, -0.15) is 4.31 Å². The first-order chi connectivity index (χ1) is 13.4. The van der Waals surface area contributed by atoms with E-state index in [1.165, 1.54) is 4.31 Å². The average molecular weight is 398 g/mol. The van der Waals surface area contributed by atoms with Crippen LogP contribution in [0.1, 0.15) is 23.6 Å². The summed E-state index contributed by atoms with van der Waals surface area (Å²) < 4.78 is 33.0. The predicted molar refractivity (Wildman–Crippen MR) is 108 cm³/mol. The maximum Gasteiger partial charge on any atom is 0.251 e. The topological polar surface area (TPSA) is 79.5 Å². The van der Waals surface area contributed by atoms with Gasteiger partial charge in [-0.1, -0.05) is 0 Å². The van der Waals surface area contributed by atoms with Crippen molar-refractivity contribution in [2.24, 2.45) is 0 Å². The highest BCUT2D eigenvalue weighted by atomic mass is 32.2. The third-order valence-corrected chi connectivity index (χ3v) is 6.96. The zero-order chi connectivity index (χ0) is 19.9. The molecule has 1 aliphatic heterocycles. The van der Waals surface area contributed by atoms with Gasteiger partial charge in [-0.15, -0.1) is 0 Å². The van der Waals surface area contributed by atoms with E-state index in [1.54, 1.807) is 31.2 Å². The summed E-state index contributed by atoms with van der Waals surface area (Å²) in [7, 11) is -3.60. The molecule has 1 N–H and O–H groups in total. The number of hydrogen-bond donors (Lipinski definition) is 1. The van der Waals surface area contributed by atoms with Crippen molar-refractivity contribution >= 4 is 20.9 Å². The maximum atomic E-state index is 13.1. The number of aromatic nitrogens is 1. The molecule has 0 atom stereocenters. The molecule has 28 heavy (non-hydrogen) atoms. The van der Waals surface area contributed by atoms with Crippen LogP contribution < -0.4 is 10.3 Å². The number of benzene rings is 2.